The van der Waals surface area contributed by atoms with Gasteiger partial charge in [-0.25, -0.2) is 19.6 Å². The maximum Gasteiger partial charge on any atom is 0.449 e. The van der Waals surface area contributed by atoms with Crippen molar-refractivity contribution in [3.63, 3.8) is 0 Å². The molecule has 3 unspecified atom stereocenters. The zero-order valence-corrected chi connectivity index (χ0v) is 26.7. The molecule has 0 aromatic heterocycles. The molecule has 0 amide bonds. The molecule has 0 N–H and O–H groups in total. The van der Waals surface area contributed by atoms with Gasteiger partial charge in [0.05, 0.1) is 0 Å². The van der Waals surface area contributed by atoms with E-state index in [4.69, 9.17) is 38.5 Å². The standard InChI is InChI=1S/C31H38F6O8S/c1-14-5-7-19-16(22(30(32,33)34)38-24-28(19)17(14)9-11-26(3,40-24)42-44-28)13-46-21-20-8-6-15(2)18-10-12-27(4)41-25(29(18,20)45-43-27)39-23(21)31(35,36)37/h14-15,17-20,24-25H,5-13H2,1-4H3/t14-,15-,17?,18?,19+,20+,24-,25?,26+,27+,28-,29-/m1/s1. The van der Waals surface area contributed by atoms with Crippen LogP contribution < -0.4 is 0 Å². The summed E-state index contributed by atoms with van der Waals surface area (Å²) in [5.41, 5.74) is -2.93. The molecule has 2 saturated carbocycles. The van der Waals surface area contributed by atoms with Gasteiger partial charge in [0.25, 0.3) is 0 Å². The highest BCUT2D eigenvalue weighted by atomic mass is 32.2. The number of allylic oxidation sites excluding steroid dienone is 2. The van der Waals surface area contributed by atoms with Crippen molar-refractivity contribution in [2.45, 2.75) is 127 Å². The fourth-order valence-corrected chi connectivity index (χ4v) is 11.2. The lowest BCUT2D eigenvalue weighted by molar-refractivity contribution is -0.557. The van der Waals surface area contributed by atoms with Gasteiger partial charge in [-0.2, -0.15) is 26.3 Å². The smallest absolute Gasteiger partial charge is 0.449 e. The van der Waals surface area contributed by atoms with E-state index in [1.807, 2.05) is 13.8 Å². The Balaban J connectivity index is 1.22. The lowest BCUT2D eigenvalue weighted by Gasteiger charge is -2.58. The zero-order valence-electron chi connectivity index (χ0n) is 25.9. The molecule has 0 radical (unpaired) electrons. The van der Waals surface area contributed by atoms with E-state index in [1.165, 1.54) is 0 Å². The van der Waals surface area contributed by atoms with Crippen LogP contribution in [-0.2, 0) is 38.5 Å². The summed E-state index contributed by atoms with van der Waals surface area (Å²) in [4.78, 5) is 23.3. The number of rotatable bonds is 3. The summed E-state index contributed by atoms with van der Waals surface area (Å²) in [5, 5.41) is 0. The Morgan fingerprint density at radius 3 is 1.65 bits per heavy atom. The number of halogens is 6. The number of fused-ring (bicyclic) bond motifs is 4. The van der Waals surface area contributed by atoms with Crippen molar-refractivity contribution in [2.24, 2.45) is 35.5 Å². The first-order valence-electron chi connectivity index (χ1n) is 16.2. The predicted molar refractivity (Wildman–Crippen MR) is 146 cm³/mol. The van der Waals surface area contributed by atoms with Crippen LogP contribution in [0.4, 0.5) is 26.3 Å². The van der Waals surface area contributed by atoms with Crippen molar-refractivity contribution in [1.29, 1.82) is 0 Å². The summed E-state index contributed by atoms with van der Waals surface area (Å²) in [6.45, 7) is 7.27. The molecule has 0 aromatic rings. The van der Waals surface area contributed by atoms with Gasteiger partial charge in [0.1, 0.15) is 0 Å². The van der Waals surface area contributed by atoms with E-state index in [1.54, 1.807) is 13.8 Å². The van der Waals surface area contributed by atoms with E-state index in [2.05, 4.69) is 0 Å². The molecular weight excluding hydrogens is 646 g/mol. The highest BCUT2D eigenvalue weighted by molar-refractivity contribution is 8.03. The highest BCUT2D eigenvalue weighted by Gasteiger charge is 2.72. The van der Waals surface area contributed by atoms with Crippen LogP contribution >= 0.6 is 11.8 Å². The Hall–Kier alpha value is -1.23. The van der Waals surface area contributed by atoms with Crippen molar-refractivity contribution in [2.75, 3.05) is 5.75 Å². The largest absolute Gasteiger partial charge is 0.456 e. The van der Waals surface area contributed by atoms with E-state index >= 15 is 0 Å². The first-order chi connectivity index (χ1) is 21.5. The minimum absolute atomic E-state index is 0.0709. The minimum atomic E-state index is -4.93. The third-order valence-electron chi connectivity index (χ3n) is 12.0. The summed E-state index contributed by atoms with van der Waals surface area (Å²) < 4.78 is 112. The van der Waals surface area contributed by atoms with Gasteiger partial charge in [0, 0.05) is 47.2 Å². The van der Waals surface area contributed by atoms with Gasteiger partial charge in [-0.3, -0.25) is 0 Å². The Morgan fingerprint density at radius 2 is 1.13 bits per heavy atom. The Kier molecular flexibility index (Phi) is 7.07. The summed E-state index contributed by atoms with van der Waals surface area (Å²) in [6.07, 6.45) is -8.87. The molecule has 0 aromatic carbocycles. The molecule has 15 heteroatoms. The number of thioether (sulfide) groups is 1. The van der Waals surface area contributed by atoms with Gasteiger partial charge in [0.2, 0.25) is 35.7 Å². The monoisotopic (exact) mass is 684 g/mol. The average molecular weight is 685 g/mol. The van der Waals surface area contributed by atoms with Crippen LogP contribution in [0.1, 0.15) is 79.1 Å². The second-order valence-electron chi connectivity index (χ2n) is 14.8. The van der Waals surface area contributed by atoms with E-state index in [-0.39, 0.29) is 34.1 Å². The molecule has 10 aliphatic rings. The van der Waals surface area contributed by atoms with E-state index in [0.29, 0.717) is 63.1 Å². The van der Waals surface area contributed by atoms with Gasteiger partial charge in [0.15, 0.2) is 11.2 Å². The average Bonchev–Trinajstić information content (AvgIpc) is 3.34. The summed E-state index contributed by atoms with van der Waals surface area (Å²) >= 11 is 0.701. The first-order valence-corrected chi connectivity index (χ1v) is 17.2. The molecule has 12 atom stereocenters. The third-order valence-corrected chi connectivity index (χ3v) is 13.3. The van der Waals surface area contributed by atoms with Gasteiger partial charge in [-0.05, 0) is 69.8 Å². The number of hydrogen-bond donors (Lipinski definition) is 0. The van der Waals surface area contributed by atoms with Crippen molar-refractivity contribution in [1.82, 2.24) is 0 Å². The second-order valence-corrected chi connectivity index (χ2v) is 15.8. The Labute approximate surface area is 266 Å². The summed E-state index contributed by atoms with van der Waals surface area (Å²) in [7, 11) is 0. The van der Waals surface area contributed by atoms with Crippen LogP contribution in [0, 0.1) is 35.5 Å². The van der Waals surface area contributed by atoms with Crippen LogP contribution in [0.2, 0.25) is 0 Å². The van der Waals surface area contributed by atoms with E-state index < -0.39 is 76.8 Å². The van der Waals surface area contributed by atoms with Gasteiger partial charge in [-0.1, -0.05) is 13.8 Å². The topological polar surface area (TPSA) is 73.8 Å². The lowest BCUT2D eigenvalue weighted by atomic mass is 9.59. The molecule has 4 bridgehead atoms. The van der Waals surface area contributed by atoms with Crippen LogP contribution in [-0.4, -0.2) is 53.5 Å². The van der Waals surface area contributed by atoms with Crippen molar-refractivity contribution >= 4 is 11.8 Å². The molecule has 8 heterocycles. The Bertz CT molecular complexity index is 1250. The molecule has 258 valence electrons. The Morgan fingerprint density at radius 1 is 0.652 bits per heavy atom. The van der Waals surface area contributed by atoms with Crippen LogP contribution in [0.25, 0.3) is 0 Å². The van der Waals surface area contributed by atoms with Crippen LogP contribution in [0.5, 0.6) is 0 Å². The molecule has 8 nitrogen and oxygen atoms in total. The first kappa shape index (κ1) is 32.0. The van der Waals surface area contributed by atoms with Crippen LogP contribution in [0.15, 0.2) is 22.0 Å². The van der Waals surface area contributed by atoms with E-state index in [0.717, 1.165) is 0 Å². The summed E-state index contributed by atoms with van der Waals surface area (Å²) in [6, 6.07) is 0. The number of hydrogen-bond acceptors (Lipinski definition) is 9. The molecule has 2 spiro atoms. The normalized spacial score (nSPS) is 49.9. The molecule has 6 saturated heterocycles. The fraction of sp³-hybridized carbons (Fsp3) is 0.871. The molecule has 8 fully saturated rings. The minimum Gasteiger partial charge on any atom is -0.456 e. The van der Waals surface area contributed by atoms with Gasteiger partial charge in [-0.15, -0.1) is 11.8 Å². The van der Waals surface area contributed by atoms with E-state index in [9.17, 15) is 26.3 Å². The van der Waals surface area contributed by atoms with Gasteiger partial charge >= 0.3 is 12.4 Å². The SMILES string of the molecule is C[C@@H]1CC[C@H]2C(SCC3=C(C(F)(F)F)O[C@@H]4O[C@]5(C)CCC6[C@H](C)CC[C@@H]3[C@]64OO5)=C(C(F)(F)F)OC3O[C@]4(C)CCC1[C@]32OO4. The molecule has 2 aliphatic carbocycles. The molecule has 8 aliphatic heterocycles. The second kappa shape index (κ2) is 10.2. The predicted octanol–water partition coefficient (Wildman–Crippen LogP) is 7.80. The molecule has 10 rings (SSSR count). The van der Waals surface area contributed by atoms with Crippen molar-refractivity contribution in [3.05, 3.63) is 22.0 Å². The van der Waals surface area contributed by atoms with Crippen molar-refractivity contribution in [3.8, 4) is 0 Å². The fourth-order valence-electron chi connectivity index (χ4n) is 9.79. The summed E-state index contributed by atoms with van der Waals surface area (Å²) in [5.74, 6) is -7.59. The van der Waals surface area contributed by atoms with Crippen molar-refractivity contribution < 1.29 is 64.8 Å². The zero-order chi connectivity index (χ0) is 32.7. The third kappa shape index (κ3) is 4.43. The van der Waals surface area contributed by atoms with Gasteiger partial charge < -0.3 is 18.9 Å². The van der Waals surface area contributed by atoms with Crippen LogP contribution in [0.3, 0.4) is 0 Å². The lowest BCUT2D eigenvalue weighted by Crippen LogP contribution is -2.67. The highest BCUT2D eigenvalue weighted by Crippen LogP contribution is 2.65. The maximum atomic E-state index is 14.8. The molecule has 46 heavy (non-hydrogen) atoms. The maximum absolute atomic E-state index is 14.8. The number of ether oxygens (including phenoxy) is 4. The number of alkyl halides is 6. The quantitative estimate of drug-likeness (QED) is 0.219. The molecular formula is C31H38F6O8S.